The van der Waals surface area contributed by atoms with Gasteiger partial charge in [0.25, 0.3) is 0 Å². The highest BCUT2D eigenvalue weighted by molar-refractivity contribution is 9.10. The van der Waals surface area contributed by atoms with E-state index in [4.69, 9.17) is 9.72 Å². The molecule has 0 radical (unpaired) electrons. The minimum Gasteiger partial charge on any atom is -0.452 e. The highest BCUT2D eigenvalue weighted by Gasteiger charge is 2.45. The van der Waals surface area contributed by atoms with Crippen LogP contribution in [0.25, 0.3) is 11.3 Å². The summed E-state index contributed by atoms with van der Waals surface area (Å²) in [5.41, 5.74) is 4.71. The fraction of sp³-hybridized carbons (Fsp3) is 0.560. The number of halogens is 1. The molecule has 1 saturated carbocycles. The first-order valence-corrected chi connectivity index (χ1v) is 13.4. The van der Waals surface area contributed by atoms with Crippen molar-refractivity contribution in [1.82, 2.24) is 15.2 Å². The van der Waals surface area contributed by atoms with Gasteiger partial charge in [0.2, 0.25) is 11.0 Å². The van der Waals surface area contributed by atoms with Gasteiger partial charge in [0.05, 0.1) is 0 Å². The molecular formula is C25H31BrN4OS. The molecule has 1 aliphatic heterocycles. The Morgan fingerprint density at radius 1 is 1.28 bits per heavy atom. The number of thioether (sulfide) groups is 1. The third-order valence-electron chi connectivity index (χ3n) is 7.45. The molecule has 0 bridgehead atoms. The van der Waals surface area contributed by atoms with Gasteiger partial charge in [-0.1, -0.05) is 67.0 Å². The first-order valence-electron chi connectivity index (χ1n) is 11.6. The van der Waals surface area contributed by atoms with Crippen LogP contribution in [0.15, 0.2) is 39.5 Å². The fourth-order valence-corrected chi connectivity index (χ4v) is 6.53. The maximum Gasteiger partial charge on any atom is 0.247 e. The Bertz CT molecular complexity index is 1060. The molecule has 4 atom stereocenters. The van der Waals surface area contributed by atoms with Crippen LogP contribution in [-0.2, 0) is 0 Å². The Morgan fingerprint density at radius 3 is 2.94 bits per heavy atom. The number of hydrogen-bond acceptors (Lipinski definition) is 6. The summed E-state index contributed by atoms with van der Waals surface area (Å²) in [5, 5.41) is 13.3. The van der Waals surface area contributed by atoms with E-state index in [1.165, 1.54) is 12.8 Å². The predicted octanol–water partition coefficient (Wildman–Crippen LogP) is 6.95. The number of ether oxygens (including phenoxy) is 1. The summed E-state index contributed by atoms with van der Waals surface area (Å²) in [7, 11) is 0. The highest BCUT2D eigenvalue weighted by Crippen LogP contribution is 2.52. The van der Waals surface area contributed by atoms with Crippen molar-refractivity contribution >= 4 is 33.4 Å². The van der Waals surface area contributed by atoms with E-state index in [0.717, 1.165) is 34.3 Å². The maximum atomic E-state index is 6.65. The zero-order chi connectivity index (χ0) is 22.5. The average Bonchev–Trinajstić information content (AvgIpc) is 2.89. The van der Waals surface area contributed by atoms with Gasteiger partial charge in [-0.3, -0.25) is 0 Å². The molecule has 5 rings (SSSR count). The second kappa shape index (κ2) is 8.64. The number of rotatable bonds is 3. The number of hydrogen-bond donors (Lipinski definition) is 1. The summed E-state index contributed by atoms with van der Waals surface area (Å²) in [4.78, 5) is 4.77. The van der Waals surface area contributed by atoms with Crippen LogP contribution in [0.3, 0.4) is 0 Å². The molecule has 1 N–H and O–H groups in total. The summed E-state index contributed by atoms with van der Waals surface area (Å²) in [6.07, 6.45) is 7.12. The molecule has 2 aliphatic carbocycles. The van der Waals surface area contributed by atoms with Gasteiger partial charge in [0.1, 0.15) is 0 Å². The van der Waals surface area contributed by atoms with Crippen molar-refractivity contribution in [3.63, 3.8) is 0 Å². The van der Waals surface area contributed by atoms with Gasteiger partial charge in [0.15, 0.2) is 11.9 Å². The van der Waals surface area contributed by atoms with Gasteiger partial charge >= 0.3 is 0 Å². The molecule has 32 heavy (non-hydrogen) atoms. The molecule has 5 nitrogen and oxygen atoms in total. The minimum atomic E-state index is -0.151. The third-order valence-corrected chi connectivity index (χ3v) is 8.67. The van der Waals surface area contributed by atoms with Crippen LogP contribution in [0.5, 0.6) is 5.88 Å². The molecule has 0 unspecified atom stereocenters. The van der Waals surface area contributed by atoms with Crippen molar-refractivity contribution in [2.24, 2.45) is 23.2 Å². The molecule has 3 aliphatic rings. The van der Waals surface area contributed by atoms with Crippen molar-refractivity contribution in [3.8, 4) is 17.1 Å². The average molecular weight is 516 g/mol. The number of nitrogens with zero attached hydrogens (tertiary/aromatic N) is 3. The number of fused-ring (bicyclic) bond motifs is 4. The molecule has 170 valence electrons. The molecule has 1 aromatic heterocycles. The first kappa shape index (κ1) is 22.2. The van der Waals surface area contributed by atoms with E-state index >= 15 is 0 Å². The molecule has 0 amide bonds. The number of allylic oxidation sites excluding steroid dienone is 2. The van der Waals surface area contributed by atoms with E-state index in [1.807, 2.05) is 0 Å². The third kappa shape index (κ3) is 4.07. The maximum absolute atomic E-state index is 6.65. The van der Waals surface area contributed by atoms with E-state index in [-0.39, 0.29) is 6.23 Å². The summed E-state index contributed by atoms with van der Waals surface area (Å²) in [6, 6.07) is 6.24. The summed E-state index contributed by atoms with van der Waals surface area (Å²) >= 11 is 5.20. The van der Waals surface area contributed by atoms with Gasteiger partial charge in [-0.2, -0.15) is 4.98 Å². The topological polar surface area (TPSA) is 59.9 Å². The molecular weight excluding hydrogens is 484 g/mol. The van der Waals surface area contributed by atoms with Gasteiger partial charge in [-0.05, 0) is 66.9 Å². The van der Waals surface area contributed by atoms with Crippen LogP contribution in [0.2, 0.25) is 0 Å². The van der Waals surface area contributed by atoms with Crippen molar-refractivity contribution in [2.45, 2.75) is 64.8 Å². The lowest BCUT2D eigenvalue weighted by Gasteiger charge is -2.48. The van der Waals surface area contributed by atoms with Crippen LogP contribution in [-0.4, -0.2) is 27.2 Å². The minimum absolute atomic E-state index is 0.151. The molecule has 1 fully saturated rings. The standard InChI is InChI=1S/C25H31BrN4OS/c1-5-32-24-28-23-21(29-30-24)18-12-16(26)8-9-20(18)27-22(31-23)17-13-19-15(11-14(17)2)7-6-10-25(19,3)4/h7-9,12,14,17,19,22,27H,5-6,10-11,13H2,1-4H3/t14-,17-,19-,22-/m1/s1. The van der Waals surface area contributed by atoms with E-state index in [1.54, 1.807) is 17.3 Å². The fourth-order valence-electron chi connectivity index (χ4n) is 5.67. The Balaban J connectivity index is 1.54. The largest absolute Gasteiger partial charge is 0.452 e. The van der Waals surface area contributed by atoms with E-state index < -0.39 is 0 Å². The van der Waals surface area contributed by atoms with Crippen LogP contribution < -0.4 is 10.1 Å². The Kier molecular flexibility index (Phi) is 5.99. The van der Waals surface area contributed by atoms with Crippen LogP contribution >= 0.6 is 27.7 Å². The second-order valence-corrected chi connectivity index (χ2v) is 12.1. The lowest BCUT2D eigenvalue weighted by atomic mass is 9.59. The highest BCUT2D eigenvalue weighted by atomic mass is 79.9. The smallest absolute Gasteiger partial charge is 0.247 e. The number of anilines is 1. The normalized spacial score (nSPS) is 28.2. The monoisotopic (exact) mass is 514 g/mol. The molecule has 2 heterocycles. The van der Waals surface area contributed by atoms with Crippen molar-refractivity contribution < 1.29 is 4.74 Å². The van der Waals surface area contributed by atoms with E-state index in [9.17, 15) is 0 Å². The number of aromatic nitrogens is 3. The zero-order valence-corrected chi connectivity index (χ0v) is 21.6. The summed E-state index contributed by atoms with van der Waals surface area (Å²) < 4.78 is 7.65. The molecule has 7 heteroatoms. The van der Waals surface area contributed by atoms with Gasteiger partial charge in [0, 0.05) is 21.6 Å². The summed E-state index contributed by atoms with van der Waals surface area (Å²) in [5.74, 6) is 3.01. The Morgan fingerprint density at radius 2 is 2.12 bits per heavy atom. The molecule has 0 spiro atoms. The predicted molar refractivity (Wildman–Crippen MR) is 134 cm³/mol. The van der Waals surface area contributed by atoms with Crippen molar-refractivity contribution in [1.29, 1.82) is 0 Å². The van der Waals surface area contributed by atoms with Crippen molar-refractivity contribution in [3.05, 3.63) is 34.3 Å². The number of nitrogens with one attached hydrogen (secondary N) is 1. The SMILES string of the molecule is CCSc1nnc2c(n1)O[C@H]([C@@H]1C[C@@H]3C(=CCCC3(C)C)C[C@H]1C)Nc1ccc(Br)cc1-2. The molecule has 2 aromatic rings. The zero-order valence-electron chi connectivity index (χ0n) is 19.2. The second-order valence-electron chi connectivity index (χ2n) is 9.99. The van der Waals surface area contributed by atoms with Crippen molar-refractivity contribution in [2.75, 3.05) is 11.1 Å². The van der Waals surface area contributed by atoms with Crippen LogP contribution in [0, 0.1) is 23.2 Å². The molecule has 0 saturated heterocycles. The molecule has 1 aromatic carbocycles. The summed E-state index contributed by atoms with van der Waals surface area (Å²) in [6.45, 7) is 9.34. The lowest BCUT2D eigenvalue weighted by Crippen LogP contribution is -2.45. The van der Waals surface area contributed by atoms with Crippen LogP contribution in [0.4, 0.5) is 5.69 Å². The Labute approximate surface area is 203 Å². The van der Waals surface area contributed by atoms with Gasteiger partial charge in [-0.25, -0.2) is 0 Å². The van der Waals surface area contributed by atoms with Gasteiger partial charge in [-0.15, -0.1) is 10.2 Å². The lowest BCUT2D eigenvalue weighted by molar-refractivity contribution is 0.0519. The van der Waals surface area contributed by atoms with Gasteiger partial charge < -0.3 is 10.1 Å². The number of benzene rings is 1. The quantitative estimate of drug-likeness (QED) is 0.353. The Hall–Kier alpha value is -1.60. The van der Waals surface area contributed by atoms with E-state index in [2.05, 4.69) is 83.4 Å². The first-order chi connectivity index (χ1) is 15.4. The van der Waals surface area contributed by atoms with Crippen LogP contribution in [0.1, 0.15) is 53.4 Å². The van der Waals surface area contributed by atoms with E-state index in [0.29, 0.717) is 39.9 Å².